The number of hydrogen-bond donors (Lipinski definition) is 1. The van der Waals surface area contributed by atoms with Crippen molar-refractivity contribution in [3.63, 3.8) is 0 Å². The standard InChI is InChI=1S/C23H27N3O4S.Na/c1-16-20(15-31(27)22-25-18-6-2-3-7-19(18)26-22)24-11-8-21(16)28-12-17-13-29-23(30-14-17)9-4-5-10-23;/h2-3,6-8,11,17H,4-5,9-10,12-15H2,1H3,(H,25,26);. The second-order valence-corrected chi connectivity index (χ2v) is 9.71. The van der Waals surface area contributed by atoms with Crippen molar-refractivity contribution in [3.05, 3.63) is 47.8 Å². The van der Waals surface area contributed by atoms with Gasteiger partial charge in [0.15, 0.2) is 11.5 Å². The topological polar surface area (TPSA) is 92.3 Å². The molecule has 3 aromatic rings. The van der Waals surface area contributed by atoms with E-state index in [1.165, 1.54) is 12.8 Å². The molecular weight excluding hydrogens is 437 g/mol. The van der Waals surface area contributed by atoms with E-state index in [0.29, 0.717) is 25.0 Å². The number of benzene rings is 1. The normalized spacial score (nSPS) is 19.2. The fraction of sp³-hybridized carbons (Fsp3) is 0.478. The van der Waals surface area contributed by atoms with E-state index in [9.17, 15) is 4.55 Å². The molecule has 1 aliphatic heterocycles. The number of hydrogen-bond acceptors (Lipinski definition) is 6. The van der Waals surface area contributed by atoms with E-state index in [1.807, 2.05) is 37.3 Å². The van der Waals surface area contributed by atoms with E-state index in [0.717, 1.165) is 40.9 Å². The summed E-state index contributed by atoms with van der Waals surface area (Å²) < 4.78 is 31.0. The number of nitrogens with zero attached hydrogens (tertiary/aromatic N) is 2. The van der Waals surface area contributed by atoms with Gasteiger partial charge in [0.05, 0.1) is 36.5 Å². The average molecular weight is 465 g/mol. The SMILES string of the molecule is Cc1c(OCC2COC3(CCCC3)OC2)ccnc1C[S+]([O-])c1nc2ccccc2[nH]1.[Na]. The van der Waals surface area contributed by atoms with Crippen LogP contribution in [-0.2, 0) is 26.4 Å². The van der Waals surface area contributed by atoms with Crippen LogP contribution in [0.15, 0.2) is 41.7 Å². The number of nitrogens with one attached hydrogen (secondary N) is 1. The summed E-state index contributed by atoms with van der Waals surface area (Å²) in [6, 6.07) is 9.52. The molecule has 0 bridgehead atoms. The summed E-state index contributed by atoms with van der Waals surface area (Å²) in [5.74, 6) is 0.900. The molecule has 1 N–H and O–H groups in total. The van der Waals surface area contributed by atoms with Gasteiger partial charge in [-0.25, -0.2) is 0 Å². The zero-order chi connectivity index (χ0) is 21.3. The Bertz CT molecular complexity index is 1010. The van der Waals surface area contributed by atoms with Gasteiger partial charge in [0, 0.05) is 71.3 Å². The van der Waals surface area contributed by atoms with Crippen LogP contribution >= 0.6 is 0 Å². The summed E-state index contributed by atoms with van der Waals surface area (Å²) in [5, 5.41) is 0.464. The van der Waals surface area contributed by atoms with Crippen molar-refractivity contribution in [3.8, 4) is 5.75 Å². The van der Waals surface area contributed by atoms with Crippen LogP contribution in [0, 0.1) is 12.8 Å². The van der Waals surface area contributed by atoms with Gasteiger partial charge in [0.2, 0.25) is 0 Å². The molecule has 2 fully saturated rings. The molecule has 165 valence electrons. The van der Waals surface area contributed by atoms with Crippen LogP contribution in [-0.4, -0.2) is 74.7 Å². The van der Waals surface area contributed by atoms with Crippen molar-refractivity contribution >= 4 is 51.8 Å². The third kappa shape index (κ3) is 5.17. The molecule has 7 nitrogen and oxygen atoms in total. The molecule has 3 heterocycles. The maximum Gasteiger partial charge on any atom is 0.322 e. The Morgan fingerprint density at radius 3 is 2.69 bits per heavy atom. The van der Waals surface area contributed by atoms with Gasteiger partial charge in [-0.2, -0.15) is 4.98 Å². The molecule has 1 radical (unpaired) electrons. The first kappa shape index (κ1) is 24.0. The summed E-state index contributed by atoms with van der Waals surface area (Å²) in [7, 11) is 0. The van der Waals surface area contributed by atoms with Gasteiger partial charge in [0.1, 0.15) is 5.75 Å². The van der Waals surface area contributed by atoms with E-state index in [2.05, 4.69) is 15.0 Å². The van der Waals surface area contributed by atoms with Crippen LogP contribution in [0.3, 0.4) is 0 Å². The van der Waals surface area contributed by atoms with Crippen LogP contribution in [0.1, 0.15) is 36.9 Å². The van der Waals surface area contributed by atoms with E-state index >= 15 is 0 Å². The van der Waals surface area contributed by atoms with E-state index in [4.69, 9.17) is 14.2 Å². The number of pyridine rings is 1. The maximum absolute atomic E-state index is 12.9. The van der Waals surface area contributed by atoms with E-state index in [1.54, 1.807) is 6.20 Å². The van der Waals surface area contributed by atoms with Gasteiger partial charge < -0.3 is 18.8 Å². The van der Waals surface area contributed by atoms with Gasteiger partial charge in [-0.3, -0.25) is 9.97 Å². The van der Waals surface area contributed by atoms with Crippen molar-refractivity contribution in [2.75, 3.05) is 19.8 Å². The molecule has 0 amide bonds. The second-order valence-electron chi connectivity index (χ2n) is 8.35. The van der Waals surface area contributed by atoms with Crippen LogP contribution in [0.5, 0.6) is 5.75 Å². The molecule has 1 saturated carbocycles. The first-order chi connectivity index (χ1) is 15.1. The molecule has 1 atom stereocenters. The maximum atomic E-state index is 12.9. The third-order valence-corrected chi connectivity index (χ3v) is 7.27. The Hall–Kier alpha value is -1.13. The van der Waals surface area contributed by atoms with E-state index < -0.39 is 11.2 Å². The summed E-state index contributed by atoms with van der Waals surface area (Å²) in [6.45, 7) is 3.79. The van der Waals surface area contributed by atoms with Gasteiger partial charge in [-0.05, 0) is 38.0 Å². The summed E-state index contributed by atoms with van der Waals surface area (Å²) in [5.41, 5.74) is 3.34. The molecule has 1 aromatic carbocycles. The zero-order valence-electron chi connectivity index (χ0n) is 18.6. The fourth-order valence-electron chi connectivity index (χ4n) is 4.23. The first-order valence-electron chi connectivity index (χ1n) is 10.8. The fourth-order valence-corrected chi connectivity index (χ4v) is 5.33. The van der Waals surface area contributed by atoms with Crippen LogP contribution in [0.25, 0.3) is 11.0 Å². The number of imidazole rings is 1. The van der Waals surface area contributed by atoms with Crippen molar-refractivity contribution in [2.45, 2.75) is 49.3 Å². The summed E-state index contributed by atoms with van der Waals surface area (Å²) >= 11 is -1.32. The number of para-hydroxylation sites is 2. The van der Waals surface area contributed by atoms with Gasteiger partial charge in [-0.1, -0.05) is 12.1 Å². The molecule has 2 aromatic heterocycles. The van der Waals surface area contributed by atoms with Crippen LogP contribution in [0.4, 0.5) is 0 Å². The van der Waals surface area contributed by atoms with Crippen molar-refractivity contribution in [1.82, 2.24) is 15.0 Å². The molecule has 32 heavy (non-hydrogen) atoms. The predicted molar refractivity (Wildman–Crippen MR) is 123 cm³/mol. The predicted octanol–water partition coefficient (Wildman–Crippen LogP) is 3.51. The first-order valence-corrected chi connectivity index (χ1v) is 12.1. The Labute approximate surface area is 213 Å². The molecule has 1 unspecified atom stereocenters. The number of aromatic amines is 1. The number of aromatic nitrogens is 3. The number of ether oxygens (including phenoxy) is 3. The smallest absolute Gasteiger partial charge is 0.322 e. The third-order valence-electron chi connectivity index (χ3n) is 6.11. The average Bonchev–Trinajstić information content (AvgIpc) is 3.43. The molecule has 1 aliphatic carbocycles. The molecule has 1 spiro atoms. The van der Waals surface area contributed by atoms with Crippen molar-refractivity contribution in [2.24, 2.45) is 5.92 Å². The van der Waals surface area contributed by atoms with Crippen molar-refractivity contribution in [1.29, 1.82) is 0 Å². The number of rotatable bonds is 6. The van der Waals surface area contributed by atoms with E-state index in [-0.39, 0.29) is 47.0 Å². The summed E-state index contributed by atoms with van der Waals surface area (Å²) in [4.78, 5) is 12.0. The van der Waals surface area contributed by atoms with Gasteiger partial charge >= 0.3 is 5.16 Å². The van der Waals surface area contributed by atoms with Gasteiger partial charge in [-0.15, -0.1) is 0 Å². The number of fused-ring (bicyclic) bond motifs is 1. The Morgan fingerprint density at radius 2 is 1.94 bits per heavy atom. The largest absolute Gasteiger partial charge is 0.609 e. The molecular formula is C23H27N3NaO4S. The minimum absolute atomic E-state index is 0. The van der Waals surface area contributed by atoms with Crippen molar-refractivity contribution < 1.29 is 18.8 Å². The van der Waals surface area contributed by atoms with Gasteiger partial charge in [0.25, 0.3) is 0 Å². The Morgan fingerprint density at radius 1 is 1.19 bits per heavy atom. The molecule has 9 heteroatoms. The molecule has 5 rings (SSSR count). The Balaban J connectivity index is 0.00000245. The Kier molecular flexibility index (Phi) is 7.82. The minimum atomic E-state index is -1.32. The quantitative estimate of drug-likeness (QED) is 0.443. The molecule has 1 saturated heterocycles. The summed E-state index contributed by atoms with van der Waals surface area (Å²) in [6.07, 6.45) is 6.05. The molecule has 2 aliphatic rings. The minimum Gasteiger partial charge on any atom is -0.609 e. The van der Waals surface area contributed by atoms with Crippen LogP contribution < -0.4 is 4.74 Å². The van der Waals surface area contributed by atoms with Crippen LogP contribution in [0.2, 0.25) is 0 Å². The zero-order valence-corrected chi connectivity index (χ0v) is 21.5. The number of H-pyrrole nitrogens is 1. The second kappa shape index (κ2) is 10.4. The monoisotopic (exact) mass is 464 g/mol.